The summed E-state index contributed by atoms with van der Waals surface area (Å²) >= 11 is 0. The molecule has 0 spiro atoms. The van der Waals surface area contributed by atoms with Gasteiger partial charge in [-0.1, -0.05) is 6.92 Å². The second kappa shape index (κ2) is 4.37. The molecule has 0 saturated heterocycles. The van der Waals surface area contributed by atoms with Gasteiger partial charge in [-0.3, -0.25) is 4.98 Å². The van der Waals surface area contributed by atoms with Gasteiger partial charge >= 0.3 is 5.97 Å². The zero-order chi connectivity index (χ0) is 11.5. The Morgan fingerprint density at radius 3 is 2.73 bits per heavy atom. The van der Waals surface area contributed by atoms with E-state index >= 15 is 0 Å². The molecule has 0 amide bonds. The predicted octanol–water partition coefficient (Wildman–Crippen LogP) is 0.0780. The quantitative estimate of drug-likeness (QED) is 0.763. The van der Waals surface area contributed by atoms with E-state index in [9.17, 15) is 13.2 Å². The molecular formula is C8H10N2O4S. The Morgan fingerprint density at radius 1 is 1.53 bits per heavy atom. The van der Waals surface area contributed by atoms with Crippen molar-refractivity contribution in [1.82, 2.24) is 9.71 Å². The Hall–Kier alpha value is -1.47. The minimum Gasteiger partial charge on any atom is -0.478 e. The van der Waals surface area contributed by atoms with Gasteiger partial charge in [0.15, 0.2) is 0 Å². The first-order valence-electron chi connectivity index (χ1n) is 4.15. The van der Waals surface area contributed by atoms with E-state index in [1.807, 2.05) is 0 Å². The molecule has 15 heavy (non-hydrogen) atoms. The molecule has 6 nitrogen and oxygen atoms in total. The number of pyridine rings is 1. The molecule has 1 rings (SSSR count). The Balaban J connectivity index is 3.16. The standard InChI is InChI=1S/C8H10N2O4S/c1-2-10-15(13,14)7-3-6(8(11)12)4-9-5-7/h3-5,10H,2H2,1H3,(H,11,12). The van der Waals surface area contributed by atoms with Gasteiger partial charge in [-0.2, -0.15) is 0 Å². The summed E-state index contributed by atoms with van der Waals surface area (Å²) in [5.74, 6) is -1.21. The first kappa shape index (κ1) is 11.6. The fourth-order valence-corrected chi connectivity index (χ4v) is 1.98. The van der Waals surface area contributed by atoms with Crippen molar-refractivity contribution in [3.8, 4) is 0 Å². The van der Waals surface area contributed by atoms with Crippen molar-refractivity contribution in [2.75, 3.05) is 6.54 Å². The number of carboxylic acids is 1. The topological polar surface area (TPSA) is 96.4 Å². The van der Waals surface area contributed by atoms with Gasteiger partial charge in [-0.05, 0) is 6.07 Å². The molecular weight excluding hydrogens is 220 g/mol. The number of nitrogens with one attached hydrogen (secondary N) is 1. The third kappa shape index (κ3) is 2.74. The van der Waals surface area contributed by atoms with Crippen molar-refractivity contribution < 1.29 is 18.3 Å². The first-order valence-corrected chi connectivity index (χ1v) is 5.63. The predicted molar refractivity (Wildman–Crippen MR) is 52.1 cm³/mol. The number of nitrogens with zero attached hydrogens (tertiary/aromatic N) is 1. The van der Waals surface area contributed by atoms with Crippen molar-refractivity contribution in [3.05, 3.63) is 24.0 Å². The molecule has 0 radical (unpaired) electrons. The van der Waals surface area contributed by atoms with E-state index in [1.54, 1.807) is 6.92 Å². The smallest absolute Gasteiger partial charge is 0.337 e. The average molecular weight is 230 g/mol. The summed E-state index contributed by atoms with van der Waals surface area (Å²) in [6.45, 7) is 1.87. The molecule has 1 aromatic rings. The van der Waals surface area contributed by atoms with Crippen LogP contribution in [-0.4, -0.2) is 31.0 Å². The van der Waals surface area contributed by atoms with Crippen molar-refractivity contribution in [1.29, 1.82) is 0 Å². The Labute approximate surface area is 87.0 Å². The van der Waals surface area contributed by atoms with Gasteiger partial charge in [0.2, 0.25) is 10.0 Å². The molecule has 0 aliphatic rings. The lowest BCUT2D eigenvalue weighted by molar-refractivity contribution is 0.0696. The largest absolute Gasteiger partial charge is 0.478 e. The molecule has 0 saturated carbocycles. The van der Waals surface area contributed by atoms with E-state index in [0.29, 0.717) is 0 Å². The lowest BCUT2D eigenvalue weighted by atomic mass is 10.3. The van der Waals surface area contributed by atoms with E-state index in [-0.39, 0.29) is 17.0 Å². The molecule has 0 fully saturated rings. The number of carbonyl (C=O) groups is 1. The minimum atomic E-state index is -3.64. The first-order chi connectivity index (χ1) is 6.97. The zero-order valence-corrected chi connectivity index (χ0v) is 8.78. The summed E-state index contributed by atoms with van der Waals surface area (Å²) in [6, 6.07) is 1.06. The maximum Gasteiger partial charge on any atom is 0.337 e. The van der Waals surface area contributed by atoms with Crippen molar-refractivity contribution in [3.63, 3.8) is 0 Å². The molecule has 1 aromatic heterocycles. The highest BCUT2D eigenvalue weighted by Gasteiger charge is 2.15. The van der Waals surface area contributed by atoms with Gasteiger partial charge in [0.05, 0.1) is 5.56 Å². The molecule has 0 unspecified atom stereocenters. The van der Waals surface area contributed by atoms with Crippen LogP contribution in [0.3, 0.4) is 0 Å². The number of aromatic nitrogens is 1. The number of aromatic carboxylic acids is 1. The SMILES string of the molecule is CCNS(=O)(=O)c1cncc(C(=O)O)c1. The average Bonchev–Trinajstić information content (AvgIpc) is 2.18. The summed E-state index contributed by atoms with van der Waals surface area (Å²) in [7, 11) is -3.64. The van der Waals surface area contributed by atoms with Gasteiger partial charge in [0, 0.05) is 18.9 Å². The molecule has 0 bridgehead atoms. The highest BCUT2D eigenvalue weighted by molar-refractivity contribution is 7.89. The van der Waals surface area contributed by atoms with Gasteiger partial charge < -0.3 is 5.11 Å². The number of hydrogen-bond acceptors (Lipinski definition) is 4. The normalized spacial score (nSPS) is 11.3. The van der Waals surface area contributed by atoms with Crippen LogP contribution in [-0.2, 0) is 10.0 Å². The number of sulfonamides is 1. The molecule has 1 heterocycles. The highest BCUT2D eigenvalue weighted by atomic mass is 32.2. The van der Waals surface area contributed by atoms with Gasteiger partial charge in [-0.15, -0.1) is 0 Å². The van der Waals surface area contributed by atoms with Crippen LogP contribution in [0.4, 0.5) is 0 Å². The molecule has 0 atom stereocenters. The maximum atomic E-state index is 11.5. The monoisotopic (exact) mass is 230 g/mol. The van der Waals surface area contributed by atoms with Gasteiger partial charge in [0.1, 0.15) is 4.90 Å². The fraction of sp³-hybridized carbons (Fsp3) is 0.250. The van der Waals surface area contributed by atoms with E-state index in [4.69, 9.17) is 5.11 Å². The van der Waals surface area contributed by atoms with E-state index in [0.717, 1.165) is 18.5 Å². The highest BCUT2D eigenvalue weighted by Crippen LogP contribution is 2.09. The summed E-state index contributed by atoms with van der Waals surface area (Å²) < 4.78 is 25.2. The second-order valence-corrected chi connectivity index (χ2v) is 4.48. The lowest BCUT2D eigenvalue weighted by Crippen LogP contribution is -2.23. The molecule has 7 heteroatoms. The molecule has 0 aliphatic heterocycles. The third-order valence-corrected chi connectivity index (χ3v) is 3.12. The Morgan fingerprint density at radius 2 is 2.20 bits per heavy atom. The third-order valence-electron chi connectivity index (χ3n) is 1.60. The van der Waals surface area contributed by atoms with Gasteiger partial charge in [0.25, 0.3) is 0 Å². The number of hydrogen-bond donors (Lipinski definition) is 2. The molecule has 0 aromatic carbocycles. The van der Waals surface area contributed by atoms with Crippen LogP contribution >= 0.6 is 0 Å². The minimum absolute atomic E-state index is 0.149. The van der Waals surface area contributed by atoms with Crippen LogP contribution in [0.15, 0.2) is 23.4 Å². The number of carboxylic acid groups (broad SMARTS) is 1. The summed E-state index contributed by atoms with van der Waals surface area (Å²) in [4.78, 5) is 14.0. The second-order valence-electron chi connectivity index (χ2n) is 2.72. The zero-order valence-electron chi connectivity index (χ0n) is 7.97. The van der Waals surface area contributed by atoms with Crippen LogP contribution in [0.25, 0.3) is 0 Å². The summed E-state index contributed by atoms with van der Waals surface area (Å²) in [5.41, 5.74) is -0.158. The molecule has 82 valence electrons. The Bertz CT molecular complexity index is 469. The van der Waals surface area contributed by atoms with Crippen LogP contribution in [0.5, 0.6) is 0 Å². The van der Waals surface area contributed by atoms with Gasteiger partial charge in [-0.25, -0.2) is 17.9 Å². The fourth-order valence-electron chi connectivity index (χ4n) is 0.956. The van der Waals surface area contributed by atoms with Crippen molar-refractivity contribution >= 4 is 16.0 Å². The number of rotatable bonds is 4. The Kier molecular flexibility index (Phi) is 3.38. The maximum absolute atomic E-state index is 11.5. The van der Waals surface area contributed by atoms with Crippen molar-refractivity contribution in [2.45, 2.75) is 11.8 Å². The summed E-state index contributed by atoms with van der Waals surface area (Å²) in [5, 5.41) is 8.65. The summed E-state index contributed by atoms with van der Waals surface area (Å²) in [6.07, 6.45) is 2.19. The van der Waals surface area contributed by atoms with E-state index < -0.39 is 16.0 Å². The lowest BCUT2D eigenvalue weighted by Gasteiger charge is -2.03. The van der Waals surface area contributed by atoms with Crippen molar-refractivity contribution in [2.24, 2.45) is 0 Å². The van der Waals surface area contributed by atoms with Crippen LogP contribution in [0, 0.1) is 0 Å². The van der Waals surface area contributed by atoms with Crippen LogP contribution < -0.4 is 4.72 Å². The van der Waals surface area contributed by atoms with Crippen LogP contribution in [0.2, 0.25) is 0 Å². The molecule has 2 N–H and O–H groups in total. The molecule has 0 aliphatic carbocycles. The van der Waals surface area contributed by atoms with E-state index in [2.05, 4.69) is 9.71 Å². The van der Waals surface area contributed by atoms with Crippen LogP contribution in [0.1, 0.15) is 17.3 Å². The van der Waals surface area contributed by atoms with E-state index in [1.165, 1.54) is 0 Å².